The largest absolute Gasteiger partial charge is 0.370 e. The van der Waals surface area contributed by atoms with Crippen LogP contribution in [0.25, 0.3) is 0 Å². The van der Waals surface area contributed by atoms with Crippen LogP contribution in [0.4, 0.5) is 0 Å². The third-order valence-corrected chi connectivity index (χ3v) is 2.46. The van der Waals surface area contributed by atoms with Crippen molar-refractivity contribution in [2.24, 2.45) is 11.5 Å². The summed E-state index contributed by atoms with van der Waals surface area (Å²) in [6, 6.07) is -0.561. The molecule has 0 bridgehead atoms. The Hall–Kier alpha value is -1.10. The summed E-state index contributed by atoms with van der Waals surface area (Å²) in [5.74, 6) is -0.810. The molecule has 5 N–H and O–H groups in total. The number of rotatable bonds is 4. The Bertz CT molecular complexity index is 224. The molecule has 1 rings (SSSR count). The Morgan fingerprint density at radius 1 is 1.36 bits per heavy atom. The van der Waals surface area contributed by atoms with Crippen molar-refractivity contribution in [3.8, 4) is 0 Å². The van der Waals surface area contributed by atoms with E-state index in [0.29, 0.717) is 0 Å². The van der Waals surface area contributed by atoms with Gasteiger partial charge in [0.2, 0.25) is 11.8 Å². The Kier molecular flexibility index (Phi) is 3.88. The monoisotopic (exact) mass is 199 g/mol. The second kappa shape index (κ2) is 4.95. The van der Waals surface area contributed by atoms with Gasteiger partial charge in [0, 0.05) is 6.04 Å². The second-order valence-electron chi connectivity index (χ2n) is 3.77. The molecule has 80 valence electrons. The molecule has 1 aliphatic carbocycles. The van der Waals surface area contributed by atoms with E-state index in [4.69, 9.17) is 11.5 Å². The zero-order chi connectivity index (χ0) is 10.6. The van der Waals surface area contributed by atoms with Gasteiger partial charge in [0.15, 0.2) is 0 Å². The lowest BCUT2D eigenvalue weighted by Crippen LogP contribution is -2.46. The zero-order valence-corrected chi connectivity index (χ0v) is 8.16. The molecule has 0 aromatic rings. The lowest BCUT2D eigenvalue weighted by Gasteiger charge is -2.15. The van der Waals surface area contributed by atoms with Crippen molar-refractivity contribution in [2.75, 3.05) is 0 Å². The number of nitrogens with one attached hydrogen (secondary N) is 1. The lowest BCUT2D eigenvalue weighted by atomic mass is 10.1. The molecule has 5 nitrogen and oxygen atoms in total. The first-order valence-electron chi connectivity index (χ1n) is 4.94. The molecule has 5 heteroatoms. The fraction of sp³-hybridized carbons (Fsp3) is 0.778. The van der Waals surface area contributed by atoms with Crippen LogP contribution in [-0.4, -0.2) is 23.9 Å². The number of nitrogens with two attached hydrogens (primary N) is 2. The summed E-state index contributed by atoms with van der Waals surface area (Å²) in [4.78, 5) is 21.9. The van der Waals surface area contributed by atoms with Crippen molar-refractivity contribution in [1.29, 1.82) is 0 Å². The highest BCUT2D eigenvalue weighted by Gasteiger charge is 2.21. The Morgan fingerprint density at radius 3 is 2.43 bits per heavy atom. The third kappa shape index (κ3) is 3.33. The summed E-state index contributed by atoms with van der Waals surface area (Å²) in [5.41, 5.74) is 10.4. The molecule has 1 atom stereocenters. The van der Waals surface area contributed by atoms with Crippen LogP contribution in [0.5, 0.6) is 0 Å². The van der Waals surface area contributed by atoms with Gasteiger partial charge in [-0.15, -0.1) is 0 Å². The van der Waals surface area contributed by atoms with Crippen LogP contribution >= 0.6 is 0 Å². The average molecular weight is 199 g/mol. The van der Waals surface area contributed by atoms with Crippen molar-refractivity contribution < 1.29 is 9.59 Å². The van der Waals surface area contributed by atoms with E-state index in [9.17, 15) is 9.59 Å². The highest BCUT2D eigenvalue weighted by molar-refractivity contribution is 5.87. The highest BCUT2D eigenvalue weighted by Crippen LogP contribution is 2.17. The molecule has 0 radical (unpaired) electrons. The maximum Gasteiger partial charge on any atom is 0.237 e. The Morgan fingerprint density at radius 2 is 1.93 bits per heavy atom. The summed E-state index contributed by atoms with van der Waals surface area (Å²) < 4.78 is 0. The minimum atomic E-state index is -0.798. The highest BCUT2D eigenvalue weighted by atomic mass is 16.2. The minimum Gasteiger partial charge on any atom is -0.370 e. The van der Waals surface area contributed by atoms with Crippen LogP contribution in [0, 0.1) is 0 Å². The van der Waals surface area contributed by atoms with Crippen LogP contribution in [0.15, 0.2) is 0 Å². The summed E-state index contributed by atoms with van der Waals surface area (Å²) in [6.07, 6.45) is 4.23. The van der Waals surface area contributed by atoms with E-state index in [2.05, 4.69) is 5.32 Å². The molecule has 0 heterocycles. The van der Waals surface area contributed by atoms with Gasteiger partial charge < -0.3 is 16.8 Å². The minimum absolute atomic E-state index is 0.0848. The molecule has 2 amide bonds. The number of primary amides is 1. The van der Waals surface area contributed by atoms with Gasteiger partial charge in [0.05, 0.1) is 12.5 Å². The molecule has 1 fully saturated rings. The summed E-state index contributed by atoms with van der Waals surface area (Å²) in [6.45, 7) is 0. The predicted octanol–water partition coefficient (Wildman–Crippen LogP) is -0.752. The van der Waals surface area contributed by atoms with Gasteiger partial charge in [-0.1, -0.05) is 12.8 Å². The lowest BCUT2D eigenvalue weighted by molar-refractivity contribution is -0.126. The van der Waals surface area contributed by atoms with E-state index in [0.717, 1.165) is 25.7 Å². The smallest absolute Gasteiger partial charge is 0.237 e. The molecule has 0 aliphatic heterocycles. The van der Waals surface area contributed by atoms with Crippen molar-refractivity contribution in [3.05, 3.63) is 0 Å². The van der Waals surface area contributed by atoms with E-state index in [-0.39, 0.29) is 18.4 Å². The van der Waals surface area contributed by atoms with Gasteiger partial charge in [-0.05, 0) is 12.8 Å². The van der Waals surface area contributed by atoms with Gasteiger partial charge in [0.1, 0.15) is 0 Å². The van der Waals surface area contributed by atoms with E-state index in [1.165, 1.54) is 0 Å². The number of hydrogen-bond acceptors (Lipinski definition) is 3. The first-order valence-corrected chi connectivity index (χ1v) is 4.94. The SMILES string of the molecule is NC(=O)CC(N)C(=O)NC1CCCC1. The summed E-state index contributed by atoms with van der Waals surface area (Å²) in [5, 5.41) is 2.81. The molecule has 0 saturated heterocycles. The van der Waals surface area contributed by atoms with Crippen LogP contribution in [0.3, 0.4) is 0 Å². The fourth-order valence-corrected chi connectivity index (χ4v) is 1.69. The molecule has 1 unspecified atom stereocenters. The van der Waals surface area contributed by atoms with Gasteiger partial charge in [-0.2, -0.15) is 0 Å². The molecule has 0 spiro atoms. The van der Waals surface area contributed by atoms with E-state index in [1.54, 1.807) is 0 Å². The van der Waals surface area contributed by atoms with Crippen LogP contribution in [-0.2, 0) is 9.59 Å². The average Bonchev–Trinajstić information content (AvgIpc) is 2.55. The molecular formula is C9H17N3O2. The summed E-state index contributed by atoms with van der Waals surface area (Å²) in [7, 11) is 0. The van der Waals surface area contributed by atoms with E-state index in [1.807, 2.05) is 0 Å². The molecule has 1 aliphatic rings. The maximum absolute atomic E-state index is 11.4. The maximum atomic E-state index is 11.4. The standard InChI is InChI=1S/C9H17N3O2/c10-7(5-8(11)13)9(14)12-6-3-1-2-4-6/h6-7H,1-5,10H2,(H2,11,13)(H,12,14). The quantitative estimate of drug-likeness (QED) is 0.555. The van der Waals surface area contributed by atoms with Crippen molar-refractivity contribution in [1.82, 2.24) is 5.32 Å². The molecule has 0 aromatic heterocycles. The summed E-state index contributed by atoms with van der Waals surface area (Å²) >= 11 is 0. The van der Waals surface area contributed by atoms with Gasteiger partial charge >= 0.3 is 0 Å². The van der Waals surface area contributed by atoms with Crippen LogP contribution < -0.4 is 16.8 Å². The van der Waals surface area contributed by atoms with Gasteiger partial charge in [0.25, 0.3) is 0 Å². The van der Waals surface area contributed by atoms with Crippen molar-refractivity contribution in [2.45, 2.75) is 44.2 Å². The predicted molar refractivity (Wildman–Crippen MR) is 52.2 cm³/mol. The van der Waals surface area contributed by atoms with E-state index >= 15 is 0 Å². The number of carbonyl (C=O) groups is 2. The van der Waals surface area contributed by atoms with Gasteiger partial charge in [-0.3, -0.25) is 9.59 Å². The number of hydrogen-bond donors (Lipinski definition) is 3. The normalized spacial score (nSPS) is 19.2. The number of carbonyl (C=O) groups excluding carboxylic acids is 2. The number of amides is 2. The molecule has 14 heavy (non-hydrogen) atoms. The Balaban J connectivity index is 2.29. The topological polar surface area (TPSA) is 98.2 Å². The van der Waals surface area contributed by atoms with Crippen molar-refractivity contribution >= 4 is 11.8 Å². The Labute approximate surface area is 83.2 Å². The third-order valence-electron chi connectivity index (χ3n) is 2.46. The second-order valence-corrected chi connectivity index (χ2v) is 3.77. The fourth-order valence-electron chi connectivity index (χ4n) is 1.69. The first-order chi connectivity index (χ1) is 6.59. The molecular weight excluding hydrogens is 182 g/mol. The first kappa shape index (κ1) is 11.0. The van der Waals surface area contributed by atoms with E-state index < -0.39 is 11.9 Å². The van der Waals surface area contributed by atoms with Crippen LogP contribution in [0.1, 0.15) is 32.1 Å². The zero-order valence-electron chi connectivity index (χ0n) is 8.16. The van der Waals surface area contributed by atoms with Crippen molar-refractivity contribution in [3.63, 3.8) is 0 Å². The molecule has 0 aromatic carbocycles. The molecule has 1 saturated carbocycles. The van der Waals surface area contributed by atoms with Crippen LogP contribution in [0.2, 0.25) is 0 Å². The van der Waals surface area contributed by atoms with Gasteiger partial charge in [-0.25, -0.2) is 0 Å².